The second-order valence-electron chi connectivity index (χ2n) is 6.01. The fraction of sp³-hybridized carbons (Fsp3) is 0.368. The number of aryl methyl sites for hydroxylation is 1. The summed E-state index contributed by atoms with van der Waals surface area (Å²) in [4.78, 5) is 13.1. The summed E-state index contributed by atoms with van der Waals surface area (Å²) >= 11 is 0. The van der Waals surface area contributed by atoms with E-state index in [0.717, 1.165) is 48.2 Å². The number of rotatable bonds is 7. The molecule has 8 nitrogen and oxygen atoms in total. The SMILES string of the molecule is COc1cccc2c1nc1ccccc1[n+]2CCCCCCN.O=[N+]([O-])[O-]. The summed E-state index contributed by atoms with van der Waals surface area (Å²) in [6.07, 6.45) is 4.65. The van der Waals surface area contributed by atoms with E-state index >= 15 is 0 Å². The van der Waals surface area contributed by atoms with Gasteiger partial charge in [-0.05, 0) is 31.5 Å². The van der Waals surface area contributed by atoms with Crippen molar-refractivity contribution >= 4 is 22.1 Å². The predicted molar refractivity (Wildman–Crippen MR) is 104 cm³/mol. The minimum atomic E-state index is -1.75. The Morgan fingerprint density at radius 3 is 2.41 bits per heavy atom. The van der Waals surface area contributed by atoms with Gasteiger partial charge < -0.3 is 25.8 Å². The fourth-order valence-corrected chi connectivity index (χ4v) is 3.05. The number of nitrogens with two attached hydrogens (primary N) is 1. The van der Waals surface area contributed by atoms with Crippen molar-refractivity contribution in [1.29, 1.82) is 0 Å². The van der Waals surface area contributed by atoms with Gasteiger partial charge in [0.1, 0.15) is 12.1 Å². The summed E-state index contributed by atoms with van der Waals surface area (Å²) in [5.74, 6) is 0.824. The van der Waals surface area contributed by atoms with Gasteiger partial charge >= 0.3 is 0 Å². The van der Waals surface area contributed by atoms with E-state index in [1.807, 2.05) is 18.2 Å². The lowest BCUT2D eigenvalue weighted by Crippen LogP contribution is -2.36. The van der Waals surface area contributed by atoms with Gasteiger partial charge in [-0.1, -0.05) is 24.6 Å². The lowest BCUT2D eigenvalue weighted by molar-refractivity contribution is -0.646. The molecule has 1 aromatic heterocycles. The molecule has 0 bridgehead atoms. The van der Waals surface area contributed by atoms with E-state index in [1.165, 1.54) is 18.4 Å². The standard InChI is InChI=1S/C19H24N3O.NO3/c1-23-18-12-8-11-17-19(18)21-15-9-4-5-10-16(15)22(17)14-7-3-2-6-13-20;2-1(3)4/h4-5,8-12H,2-3,6-7,13-14,20H2,1H3;/q+1;-1. The number of aromatic nitrogens is 2. The molecule has 144 valence electrons. The van der Waals surface area contributed by atoms with E-state index in [9.17, 15) is 0 Å². The van der Waals surface area contributed by atoms with Gasteiger partial charge in [-0.25, -0.2) is 4.98 Å². The summed E-state index contributed by atoms with van der Waals surface area (Å²) in [6, 6.07) is 14.4. The van der Waals surface area contributed by atoms with Crippen molar-refractivity contribution in [3.8, 4) is 5.75 Å². The third-order valence-electron chi connectivity index (χ3n) is 4.23. The van der Waals surface area contributed by atoms with Crippen LogP contribution in [0.25, 0.3) is 22.1 Å². The van der Waals surface area contributed by atoms with Gasteiger partial charge in [0.15, 0.2) is 11.3 Å². The third-order valence-corrected chi connectivity index (χ3v) is 4.23. The van der Waals surface area contributed by atoms with Crippen LogP contribution in [-0.4, -0.2) is 23.7 Å². The number of ether oxygens (including phenoxy) is 1. The van der Waals surface area contributed by atoms with E-state index < -0.39 is 5.09 Å². The number of hydrogen-bond acceptors (Lipinski definition) is 6. The molecule has 0 fully saturated rings. The molecule has 0 amide bonds. The van der Waals surface area contributed by atoms with Gasteiger partial charge in [0, 0.05) is 18.6 Å². The van der Waals surface area contributed by atoms with Crippen molar-refractivity contribution in [2.75, 3.05) is 13.7 Å². The van der Waals surface area contributed by atoms with Crippen LogP contribution in [0.3, 0.4) is 0 Å². The van der Waals surface area contributed by atoms with Crippen LogP contribution in [0.5, 0.6) is 5.75 Å². The molecular formula is C19H24N4O4. The molecule has 1 heterocycles. The maximum atomic E-state index is 8.25. The van der Waals surface area contributed by atoms with Crippen molar-refractivity contribution < 1.29 is 14.4 Å². The van der Waals surface area contributed by atoms with Crippen LogP contribution >= 0.6 is 0 Å². The largest absolute Gasteiger partial charge is 0.494 e. The Kier molecular flexibility index (Phi) is 7.69. The lowest BCUT2D eigenvalue weighted by Gasteiger charge is -2.08. The Morgan fingerprint density at radius 2 is 1.70 bits per heavy atom. The highest BCUT2D eigenvalue weighted by Crippen LogP contribution is 2.23. The Balaban J connectivity index is 0.000000596. The first kappa shape index (κ1) is 20.3. The van der Waals surface area contributed by atoms with Crippen LogP contribution in [0, 0.1) is 15.3 Å². The van der Waals surface area contributed by atoms with Crippen molar-refractivity contribution in [2.24, 2.45) is 5.73 Å². The fourth-order valence-electron chi connectivity index (χ4n) is 3.05. The molecule has 27 heavy (non-hydrogen) atoms. The van der Waals surface area contributed by atoms with Gasteiger partial charge in [-0.3, -0.25) is 0 Å². The third kappa shape index (κ3) is 5.49. The second kappa shape index (κ2) is 10.2. The zero-order chi connectivity index (χ0) is 19.6. The van der Waals surface area contributed by atoms with Crippen LogP contribution < -0.4 is 15.0 Å². The summed E-state index contributed by atoms with van der Waals surface area (Å²) < 4.78 is 7.86. The highest BCUT2D eigenvalue weighted by molar-refractivity contribution is 5.85. The monoisotopic (exact) mass is 372 g/mol. The smallest absolute Gasteiger partial charge is 0.235 e. The highest BCUT2D eigenvalue weighted by Gasteiger charge is 2.18. The minimum Gasteiger partial charge on any atom is -0.494 e. The van der Waals surface area contributed by atoms with E-state index in [0.29, 0.717) is 0 Å². The molecule has 2 N–H and O–H groups in total. The van der Waals surface area contributed by atoms with Gasteiger partial charge in [0.05, 0.1) is 12.2 Å². The van der Waals surface area contributed by atoms with Crippen LogP contribution in [0.1, 0.15) is 25.7 Å². The zero-order valence-electron chi connectivity index (χ0n) is 15.3. The molecular weight excluding hydrogens is 348 g/mol. The van der Waals surface area contributed by atoms with Crippen molar-refractivity contribution in [3.05, 3.63) is 57.8 Å². The average molecular weight is 372 g/mol. The van der Waals surface area contributed by atoms with Crippen LogP contribution in [0.4, 0.5) is 0 Å². The number of fused-ring (bicyclic) bond motifs is 2. The van der Waals surface area contributed by atoms with Crippen molar-refractivity contribution in [3.63, 3.8) is 0 Å². The molecule has 0 atom stereocenters. The molecule has 3 aromatic rings. The van der Waals surface area contributed by atoms with Crippen LogP contribution in [0.2, 0.25) is 0 Å². The van der Waals surface area contributed by atoms with E-state index in [2.05, 4.69) is 28.8 Å². The minimum absolute atomic E-state index is 0.783. The molecule has 0 unspecified atom stereocenters. The first-order valence-corrected chi connectivity index (χ1v) is 8.85. The number of benzene rings is 2. The van der Waals surface area contributed by atoms with Crippen LogP contribution in [-0.2, 0) is 6.54 Å². The molecule has 0 aliphatic heterocycles. The molecule has 2 aromatic carbocycles. The lowest BCUT2D eigenvalue weighted by atomic mass is 10.1. The number of methoxy groups -OCH3 is 1. The molecule has 3 rings (SSSR count). The molecule has 0 aliphatic rings. The van der Waals surface area contributed by atoms with Gasteiger partial charge in [-0.15, -0.1) is 0 Å². The number of hydrogen-bond donors (Lipinski definition) is 1. The first-order chi connectivity index (χ1) is 13.1. The maximum Gasteiger partial charge on any atom is 0.235 e. The Hall–Kier alpha value is -3.00. The van der Waals surface area contributed by atoms with Gasteiger partial charge in [0.25, 0.3) is 0 Å². The van der Waals surface area contributed by atoms with E-state index in [4.69, 9.17) is 30.8 Å². The molecule has 0 saturated heterocycles. The maximum absolute atomic E-state index is 8.25. The van der Waals surface area contributed by atoms with Gasteiger partial charge in [-0.2, -0.15) is 4.57 Å². The molecule has 8 heteroatoms. The second-order valence-corrected chi connectivity index (χ2v) is 6.01. The number of unbranched alkanes of at least 4 members (excludes halogenated alkanes) is 3. The normalized spacial score (nSPS) is 10.4. The summed E-state index contributed by atoms with van der Waals surface area (Å²) in [5.41, 5.74) is 9.81. The van der Waals surface area contributed by atoms with Gasteiger partial charge in [0.2, 0.25) is 11.0 Å². The average Bonchev–Trinajstić information content (AvgIpc) is 2.66. The van der Waals surface area contributed by atoms with Crippen LogP contribution in [0.15, 0.2) is 42.5 Å². The topological polar surface area (TPSA) is 118 Å². The highest BCUT2D eigenvalue weighted by atomic mass is 16.9. The van der Waals surface area contributed by atoms with Crippen molar-refractivity contribution in [2.45, 2.75) is 32.2 Å². The quantitative estimate of drug-likeness (QED) is 0.224. The predicted octanol–water partition coefficient (Wildman–Crippen LogP) is 2.96. The molecule has 0 spiro atoms. The molecule has 0 aliphatic carbocycles. The van der Waals surface area contributed by atoms with Crippen molar-refractivity contribution in [1.82, 2.24) is 4.98 Å². The van der Waals surface area contributed by atoms with E-state index in [1.54, 1.807) is 7.11 Å². The Bertz CT molecular complexity index is 897. The number of nitrogens with zero attached hydrogens (tertiary/aromatic N) is 3. The molecule has 0 saturated carbocycles. The summed E-state index contributed by atoms with van der Waals surface area (Å²) in [7, 11) is 1.70. The zero-order valence-corrected chi connectivity index (χ0v) is 15.3. The van der Waals surface area contributed by atoms with E-state index in [-0.39, 0.29) is 0 Å². The number of para-hydroxylation sites is 3. The Morgan fingerprint density at radius 1 is 1.04 bits per heavy atom. The first-order valence-electron chi connectivity index (χ1n) is 8.85. The molecule has 0 radical (unpaired) electrons. The Labute approximate surface area is 157 Å². The summed E-state index contributed by atoms with van der Waals surface area (Å²) in [5, 5.41) is 14.8. The summed E-state index contributed by atoms with van der Waals surface area (Å²) in [6.45, 7) is 1.77.